The Hall–Kier alpha value is -0.810. The van der Waals surface area contributed by atoms with Crippen LogP contribution < -0.4 is 5.73 Å². The van der Waals surface area contributed by atoms with Crippen LogP contribution in [0.3, 0.4) is 0 Å². The molecule has 2 aromatic rings. The molecule has 0 radical (unpaired) electrons. The van der Waals surface area contributed by atoms with E-state index in [1.807, 2.05) is 11.3 Å². The van der Waals surface area contributed by atoms with Crippen LogP contribution in [-0.2, 0) is 12.8 Å². The highest BCUT2D eigenvalue weighted by Gasteiger charge is 2.31. The van der Waals surface area contributed by atoms with Gasteiger partial charge in [0.25, 0.3) is 0 Å². The van der Waals surface area contributed by atoms with Gasteiger partial charge >= 0.3 is 0 Å². The predicted molar refractivity (Wildman–Crippen MR) is 93.2 cm³/mol. The van der Waals surface area contributed by atoms with E-state index in [2.05, 4.69) is 32.7 Å². The smallest absolute Gasteiger partial charge is 0.190 e. The zero-order chi connectivity index (χ0) is 15.2. The maximum atomic E-state index is 6.22. The Morgan fingerprint density at radius 2 is 2.10 bits per heavy atom. The van der Waals surface area contributed by atoms with Crippen LogP contribution in [0.5, 0.6) is 0 Å². The highest BCUT2D eigenvalue weighted by atomic mass is 32.2. The number of aromatic nitrogens is 2. The van der Waals surface area contributed by atoms with E-state index in [4.69, 9.17) is 10.7 Å². The van der Waals surface area contributed by atoms with E-state index < -0.39 is 0 Å². The van der Waals surface area contributed by atoms with Gasteiger partial charge in [0.1, 0.15) is 10.6 Å². The molecule has 3 nitrogen and oxygen atoms in total. The maximum Gasteiger partial charge on any atom is 0.190 e. The molecule has 2 N–H and O–H groups in total. The van der Waals surface area contributed by atoms with Gasteiger partial charge in [0.05, 0.1) is 5.39 Å². The number of aryl methyl sites for hydroxylation is 1. The summed E-state index contributed by atoms with van der Waals surface area (Å²) in [6, 6.07) is 0. The van der Waals surface area contributed by atoms with E-state index in [1.165, 1.54) is 16.9 Å². The lowest BCUT2D eigenvalue weighted by Crippen LogP contribution is -2.26. The van der Waals surface area contributed by atoms with Gasteiger partial charge in [-0.15, -0.1) is 11.3 Å². The van der Waals surface area contributed by atoms with Crippen molar-refractivity contribution in [3.05, 3.63) is 10.4 Å². The van der Waals surface area contributed by atoms with E-state index in [-0.39, 0.29) is 0 Å². The van der Waals surface area contributed by atoms with Crippen LogP contribution in [0.15, 0.2) is 5.16 Å². The van der Waals surface area contributed by atoms with Gasteiger partial charge in [0, 0.05) is 4.88 Å². The van der Waals surface area contributed by atoms with E-state index in [0.717, 1.165) is 39.9 Å². The molecule has 0 saturated carbocycles. The monoisotopic (exact) mass is 321 g/mol. The van der Waals surface area contributed by atoms with Crippen LogP contribution in [0.2, 0.25) is 0 Å². The standard InChI is InChI=1S/C16H23N3S2/c1-5-20-15-18-13(17)12-10-7-6-9(16(2,3)4)8-11(10)21-14(12)19-15/h9H,5-8H2,1-4H3,(H2,17,18,19)/t9-/m0/s1. The van der Waals surface area contributed by atoms with Gasteiger partial charge in [-0.25, -0.2) is 9.97 Å². The molecule has 2 heterocycles. The molecule has 114 valence electrons. The summed E-state index contributed by atoms with van der Waals surface area (Å²) in [6.45, 7) is 9.15. The number of nitrogen functional groups attached to an aromatic ring is 1. The minimum absolute atomic E-state index is 0.369. The Morgan fingerprint density at radius 3 is 2.76 bits per heavy atom. The van der Waals surface area contributed by atoms with Crippen molar-refractivity contribution in [3.8, 4) is 0 Å². The summed E-state index contributed by atoms with van der Waals surface area (Å²) in [5.41, 5.74) is 8.01. The molecular formula is C16H23N3S2. The molecule has 0 aliphatic heterocycles. The van der Waals surface area contributed by atoms with Gasteiger partial charge in [0.2, 0.25) is 0 Å². The summed E-state index contributed by atoms with van der Waals surface area (Å²) in [5, 5.41) is 1.94. The summed E-state index contributed by atoms with van der Waals surface area (Å²) in [5.74, 6) is 2.39. The molecule has 0 fully saturated rings. The largest absolute Gasteiger partial charge is 0.383 e. The number of rotatable bonds is 2. The summed E-state index contributed by atoms with van der Waals surface area (Å²) >= 11 is 3.49. The zero-order valence-corrected chi connectivity index (χ0v) is 14.8. The van der Waals surface area contributed by atoms with Gasteiger partial charge < -0.3 is 5.73 Å². The fourth-order valence-electron chi connectivity index (χ4n) is 3.12. The summed E-state index contributed by atoms with van der Waals surface area (Å²) in [7, 11) is 0. The number of fused-ring (bicyclic) bond motifs is 3. The lowest BCUT2D eigenvalue weighted by Gasteiger charge is -2.33. The Bertz CT molecular complexity index is 670. The second kappa shape index (κ2) is 5.43. The number of thiophene rings is 1. The minimum atomic E-state index is 0.369. The number of nitrogens with two attached hydrogens (primary N) is 1. The maximum absolute atomic E-state index is 6.22. The van der Waals surface area contributed by atoms with Crippen LogP contribution in [0.1, 0.15) is 44.6 Å². The highest BCUT2D eigenvalue weighted by Crippen LogP contribution is 2.44. The number of thioether (sulfide) groups is 1. The average molecular weight is 322 g/mol. The number of hydrogen-bond donors (Lipinski definition) is 1. The third-order valence-electron chi connectivity index (χ3n) is 4.41. The molecule has 1 aliphatic rings. The fourth-order valence-corrected chi connectivity index (χ4v) is 5.06. The lowest BCUT2D eigenvalue weighted by molar-refractivity contribution is 0.218. The first-order chi connectivity index (χ1) is 9.90. The lowest BCUT2D eigenvalue weighted by atomic mass is 9.72. The van der Waals surface area contributed by atoms with Crippen molar-refractivity contribution < 1.29 is 0 Å². The van der Waals surface area contributed by atoms with Gasteiger partial charge in [0.15, 0.2) is 5.16 Å². The second-order valence-corrected chi connectivity index (χ2v) is 9.13. The van der Waals surface area contributed by atoms with Crippen molar-refractivity contribution in [1.82, 2.24) is 9.97 Å². The molecule has 2 aromatic heterocycles. The van der Waals surface area contributed by atoms with Crippen LogP contribution in [0.25, 0.3) is 10.2 Å². The van der Waals surface area contributed by atoms with Gasteiger partial charge in [-0.3, -0.25) is 0 Å². The molecule has 0 bridgehead atoms. The van der Waals surface area contributed by atoms with Gasteiger partial charge in [-0.2, -0.15) is 0 Å². The first-order valence-electron chi connectivity index (χ1n) is 7.60. The van der Waals surface area contributed by atoms with Crippen molar-refractivity contribution in [2.45, 2.75) is 52.1 Å². The number of anilines is 1. The third kappa shape index (κ3) is 2.78. The summed E-state index contributed by atoms with van der Waals surface area (Å²) < 4.78 is 0. The normalized spacial score (nSPS) is 19.0. The first-order valence-corrected chi connectivity index (χ1v) is 9.41. The highest BCUT2D eigenvalue weighted by molar-refractivity contribution is 7.99. The van der Waals surface area contributed by atoms with Crippen molar-refractivity contribution >= 4 is 39.1 Å². The molecule has 0 spiro atoms. The molecule has 0 unspecified atom stereocenters. The number of nitrogens with zero attached hydrogens (tertiary/aromatic N) is 2. The summed E-state index contributed by atoms with van der Waals surface area (Å²) in [4.78, 5) is 11.7. The van der Waals surface area contributed by atoms with Crippen LogP contribution in [0.4, 0.5) is 5.82 Å². The van der Waals surface area contributed by atoms with Crippen LogP contribution in [-0.4, -0.2) is 15.7 Å². The SMILES string of the molecule is CCSc1nc(N)c2c3c(sc2n1)C[C@@H](C(C)(C)C)CC3. The van der Waals surface area contributed by atoms with E-state index in [1.54, 1.807) is 11.8 Å². The van der Waals surface area contributed by atoms with E-state index in [9.17, 15) is 0 Å². The Balaban J connectivity index is 2.04. The molecule has 3 rings (SSSR count). The number of hydrogen-bond acceptors (Lipinski definition) is 5. The van der Waals surface area contributed by atoms with Crippen molar-refractivity contribution in [2.75, 3.05) is 11.5 Å². The fraction of sp³-hybridized carbons (Fsp3) is 0.625. The molecule has 0 amide bonds. The zero-order valence-electron chi connectivity index (χ0n) is 13.2. The van der Waals surface area contributed by atoms with E-state index >= 15 is 0 Å². The molecule has 0 aromatic carbocycles. The van der Waals surface area contributed by atoms with Crippen molar-refractivity contribution in [3.63, 3.8) is 0 Å². The summed E-state index contributed by atoms with van der Waals surface area (Å²) in [6.07, 6.45) is 3.52. The van der Waals surface area contributed by atoms with Gasteiger partial charge in [-0.1, -0.05) is 39.5 Å². The Labute approximate surface area is 134 Å². The molecule has 1 aliphatic carbocycles. The minimum Gasteiger partial charge on any atom is -0.383 e. The van der Waals surface area contributed by atoms with E-state index in [0.29, 0.717) is 11.2 Å². The Kier molecular flexibility index (Phi) is 3.91. The Morgan fingerprint density at radius 1 is 1.33 bits per heavy atom. The topological polar surface area (TPSA) is 51.8 Å². The third-order valence-corrected chi connectivity index (χ3v) is 6.29. The molecule has 1 atom stereocenters. The molecule has 0 saturated heterocycles. The predicted octanol–water partition coefficient (Wildman–Crippen LogP) is 4.54. The van der Waals surface area contributed by atoms with Crippen LogP contribution in [0, 0.1) is 11.3 Å². The quantitative estimate of drug-likeness (QED) is 0.652. The van der Waals surface area contributed by atoms with Crippen molar-refractivity contribution in [1.29, 1.82) is 0 Å². The second-order valence-electron chi connectivity index (χ2n) is 6.81. The van der Waals surface area contributed by atoms with Gasteiger partial charge in [-0.05, 0) is 41.9 Å². The molecular weight excluding hydrogens is 298 g/mol. The first kappa shape index (κ1) is 15.1. The molecule has 21 heavy (non-hydrogen) atoms. The van der Waals surface area contributed by atoms with Crippen LogP contribution >= 0.6 is 23.1 Å². The molecule has 5 heteroatoms. The van der Waals surface area contributed by atoms with Crippen molar-refractivity contribution in [2.24, 2.45) is 11.3 Å². The average Bonchev–Trinajstić information content (AvgIpc) is 2.75.